The number of aryl methyl sites for hydroxylation is 1. The number of rotatable bonds is 4. The third-order valence-electron chi connectivity index (χ3n) is 2.82. The standard InChI is InChI=1S/C15H17N3O/c1-11-2-5-13(10-17-11)15(19)18-14-6-3-12(4-7-14)8-9-16/h2-7,10H,8-9,16H2,1H3,(H,18,19). The van der Waals surface area contributed by atoms with Crippen LogP contribution in [0.15, 0.2) is 42.6 Å². The molecule has 0 saturated carbocycles. The van der Waals surface area contributed by atoms with Gasteiger partial charge in [0, 0.05) is 17.6 Å². The molecule has 1 heterocycles. The van der Waals surface area contributed by atoms with E-state index in [1.807, 2.05) is 37.3 Å². The molecule has 0 bridgehead atoms. The second-order valence-electron chi connectivity index (χ2n) is 4.38. The SMILES string of the molecule is Cc1ccc(C(=O)Nc2ccc(CCN)cc2)cn1. The predicted octanol–water partition coefficient (Wildman–Crippen LogP) is 2.14. The minimum Gasteiger partial charge on any atom is -0.330 e. The molecule has 0 unspecified atom stereocenters. The Kier molecular flexibility index (Phi) is 4.26. The minimum atomic E-state index is -0.154. The van der Waals surface area contributed by atoms with Crippen LogP contribution in [0.4, 0.5) is 5.69 Å². The lowest BCUT2D eigenvalue weighted by Gasteiger charge is -2.06. The molecule has 4 heteroatoms. The zero-order chi connectivity index (χ0) is 13.7. The number of amides is 1. The molecular weight excluding hydrogens is 238 g/mol. The molecular formula is C15H17N3O. The Hall–Kier alpha value is -2.20. The summed E-state index contributed by atoms with van der Waals surface area (Å²) in [4.78, 5) is 16.1. The molecule has 0 aliphatic rings. The first-order chi connectivity index (χ1) is 9.19. The van der Waals surface area contributed by atoms with E-state index in [1.165, 1.54) is 0 Å². The first-order valence-corrected chi connectivity index (χ1v) is 6.22. The maximum atomic E-state index is 12.0. The van der Waals surface area contributed by atoms with Crippen molar-refractivity contribution in [1.82, 2.24) is 4.98 Å². The first-order valence-electron chi connectivity index (χ1n) is 6.22. The molecule has 98 valence electrons. The second-order valence-corrected chi connectivity index (χ2v) is 4.38. The molecule has 4 nitrogen and oxygen atoms in total. The molecule has 0 atom stereocenters. The number of hydrogen-bond donors (Lipinski definition) is 2. The van der Waals surface area contributed by atoms with Crippen LogP contribution in [0.3, 0.4) is 0 Å². The molecule has 0 fully saturated rings. The number of hydrogen-bond acceptors (Lipinski definition) is 3. The number of nitrogens with one attached hydrogen (secondary N) is 1. The average Bonchev–Trinajstić information content (AvgIpc) is 2.42. The van der Waals surface area contributed by atoms with Gasteiger partial charge >= 0.3 is 0 Å². The largest absolute Gasteiger partial charge is 0.330 e. The topological polar surface area (TPSA) is 68.0 Å². The highest BCUT2D eigenvalue weighted by atomic mass is 16.1. The van der Waals surface area contributed by atoms with Crippen molar-refractivity contribution in [2.24, 2.45) is 5.73 Å². The number of anilines is 1. The highest BCUT2D eigenvalue weighted by Gasteiger charge is 2.06. The van der Waals surface area contributed by atoms with E-state index in [0.717, 1.165) is 23.4 Å². The lowest BCUT2D eigenvalue weighted by molar-refractivity contribution is 0.102. The molecule has 3 N–H and O–H groups in total. The summed E-state index contributed by atoms with van der Waals surface area (Å²) in [6.45, 7) is 2.51. The number of nitrogens with two attached hydrogens (primary N) is 1. The van der Waals surface area contributed by atoms with E-state index >= 15 is 0 Å². The monoisotopic (exact) mass is 255 g/mol. The molecule has 2 rings (SSSR count). The van der Waals surface area contributed by atoms with Crippen molar-refractivity contribution in [3.05, 3.63) is 59.4 Å². The van der Waals surface area contributed by atoms with Crippen LogP contribution in [-0.4, -0.2) is 17.4 Å². The number of pyridine rings is 1. The number of carbonyl (C=O) groups is 1. The van der Waals surface area contributed by atoms with Crippen LogP contribution < -0.4 is 11.1 Å². The number of benzene rings is 1. The Morgan fingerprint density at radius 1 is 1.21 bits per heavy atom. The van der Waals surface area contributed by atoms with Crippen molar-refractivity contribution in [3.8, 4) is 0 Å². The lowest BCUT2D eigenvalue weighted by atomic mass is 10.1. The molecule has 1 aromatic carbocycles. The summed E-state index contributed by atoms with van der Waals surface area (Å²) in [6, 6.07) is 11.3. The summed E-state index contributed by atoms with van der Waals surface area (Å²) < 4.78 is 0. The van der Waals surface area contributed by atoms with E-state index in [1.54, 1.807) is 12.3 Å². The van der Waals surface area contributed by atoms with Gasteiger partial charge in [0.25, 0.3) is 5.91 Å². The first kappa shape index (κ1) is 13.2. The second kappa shape index (κ2) is 6.11. The van der Waals surface area contributed by atoms with Gasteiger partial charge in [-0.1, -0.05) is 12.1 Å². The Bertz CT molecular complexity index is 547. The van der Waals surface area contributed by atoms with E-state index in [2.05, 4.69) is 10.3 Å². The summed E-state index contributed by atoms with van der Waals surface area (Å²) in [5.74, 6) is -0.154. The Morgan fingerprint density at radius 2 is 1.95 bits per heavy atom. The van der Waals surface area contributed by atoms with Gasteiger partial charge in [-0.15, -0.1) is 0 Å². The normalized spacial score (nSPS) is 10.2. The van der Waals surface area contributed by atoms with E-state index in [0.29, 0.717) is 12.1 Å². The third kappa shape index (κ3) is 3.63. The van der Waals surface area contributed by atoms with Crippen LogP contribution in [0.1, 0.15) is 21.6 Å². The van der Waals surface area contributed by atoms with Gasteiger partial charge in [-0.25, -0.2) is 0 Å². The summed E-state index contributed by atoms with van der Waals surface area (Å²) in [5.41, 5.74) is 8.87. The molecule has 19 heavy (non-hydrogen) atoms. The van der Waals surface area contributed by atoms with E-state index in [-0.39, 0.29) is 5.91 Å². The average molecular weight is 255 g/mol. The zero-order valence-corrected chi connectivity index (χ0v) is 10.9. The molecule has 0 spiro atoms. The van der Waals surface area contributed by atoms with Crippen molar-refractivity contribution < 1.29 is 4.79 Å². The molecule has 0 aliphatic heterocycles. The number of nitrogens with zero attached hydrogens (tertiary/aromatic N) is 1. The van der Waals surface area contributed by atoms with Gasteiger partial charge in [-0.05, 0) is 49.7 Å². The fraction of sp³-hybridized carbons (Fsp3) is 0.200. The Balaban J connectivity index is 2.04. The highest BCUT2D eigenvalue weighted by molar-refractivity contribution is 6.04. The molecule has 1 amide bonds. The predicted molar refractivity (Wildman–Crippen MR) is 76.1 cm³/mol. The Labute approximate surface area is 112 Å². The minimum absolute atomic E-state index is 0.154. The van der Waals surface area contributed by atoms with Crippen LogP contribution in [0.5, 0.6) is 0 Å². The van der Waals surface area contributed by atoms with Gasteiger partial charge in [-0.2, -0.15) is 0 Å². The molecule has 2 aromatic rings. The maximum Gasteiger partial charge on any atom is 0.257 e. The lowest BCUT2D eigenvalue weighted by Crippen LogP contribution is -2.12. The maximum absolute atomic E-state index is 12.0. The quantitative estimate of drug-likeness (QED) is 0.879. The van der Waals surface area contributed by atoms with Gasteiger partial charge < -0.3 is 11.1 Å². The van der Waals surface area contributed by atoms with Crippen molar-refractivity contribution in [2.45, 2.75) is 13.3 Å². The summed E-state index contributed by atoms with van der Waals surface area (Å²) in [6.07, 6.45) is 2.42. The van der Waals surface area contributed by atoms with Crippen molar-refractivity contribution in [1.29, 1.82) is 0 Å². The van der Waals surface area contributed by atoms with E-state index in [4.69, 9.17) is 5.73 Å². The van der Waals surface area contributed by atoms with Crippen LogP contribution in [0.2, 0.25) is 0 Å². The smallest absolute Gasteiger partial charge is 0.257 e. The number of aromatic nitrogens is 1. The van der Waals surface area contributed by atoms with Crippen molar-refractivity contribution >= 4 is 11.6 Å². The summed E-state index contributed by atoms with van der Waals surface area (Å²) in [5, 5.41) is 2.84. The van der Waals surface area contributed by atoms with Gasteiger partial charge in [-0.3, -0.25) is 9.78 Å². The molecule has 0 radical (unpaired) electrons. The highest BCUT2D eigenvalue weighted by Crippen LogP contribution is 2.11. The van der Waals surface area contributed by atoms with Crippen LogP contribution in [-0.2, 0) is 6.42 Å². The summed E-state index contributed by atoms with van der Waals surface area (Å²) in [7, 11) is 0. The van der Waals surface area contributed by atoms with Gasteiger partial charge in [0.15, 0.2) is 0 Å². The number of carbonyl (C=O) groups excluding carboxylic acids is 1. The Morgan fingerprint density at radius 3 is 2.53 bits per heavy atom. The van der Waals surface area contributed by atoms with Gasteiger partial charge in [0.2, 0.25) is 0 Å². The van der Waals surface area contributed by atoms with Crippen molar-refractivity contribution in [2.75, 3.05) is 11.9 Å². The van der Waals surface area contributed by atoms with E-state index < -0.39 is 0 Å². The molecule has 0 saturated heterocycles. The zero-order valence-electron chi connectivity index (χ0n) is 10.9. The van der Waals surface area contributed by atoms with Gasteiger partial charge in [0.05, 0.1) is 5.56 Å². The van der Waals surface area contributed by atoms with Crippen molar-refractivity contribution in [3.63, 3.8) is 0 Å². The fourth-order valence-electron chi connectivity index (χ4n) is 1.73. The molecule has 0 aliphatic carbocycles. The van der Waals surface area contributed by atoms with Crippen LogP contribution in [0, 0.1) is 6.92 Å². The van der Waals surface area contributed by atoms with E-state index in [9.17, 15) is 4.79 Å². The fourth-order valence-corrected chi connectivity index (χ4v) is 1.73. The molecule has 1 aromatic heterocycles. The van der Waals surface area contributed by atoms with Gasteiger partial charge in [0.1, 0.15) is 0 Å². The van der Waals surface area contributed by atoms with Crippen LogP contribution >= 0.6 is 0 Å². The summed E-state index contributed by atoms with van der Waals surface area (Å²) >= 11 is 0. The third-order valence-corrected chi connectivity index (χ3v) is 2.82. The van der Waals surface area contributed by atoms with Crippen LogP contribution in [0.25, 0.3) is 0 Å².